The van der Waals surface area contributed by atoms with Gasteiger partial charge in [-0.15, -0.1) is 0 Å². The van der Waals surface area contributed by atoms with Crippen molar-refractivity contribution in [1.82, 2.24) is 5.32 Å². The third-order valence-corrected chi connectivity index (χ3v) is 3.03. The van der Waals surface area contributed by atoms with Gasteiger partial charge in [-0.2, -0.15) is 0 Å². The summed E-state index contributed by atoms with van der Waals surface area (Å²) in [5.74, 6) is -1.06. The second-order valence-corrected chi connectivity index (χ2v) is 4.60. The smallest absolute Gasteiger partial charge is 0.338 e. The van der Waals surface area contributed by atoms with Crippen molar-refractivity contribution >= 4 is 17.7 Å². The van der Waals surface area contributed by atoms with E-state index in [1.165, 1.54) is 0 Å². The summed E-state index contributed by atoms with van der Waals surface area (Å²) in [6.07, 6.45) is 0. The Morgan fingerprint density at radius 1 is 1.05 bits per heavy atom. The molecule has 5 nitrogen and oxygen atoms in total. The fourth-order valence-electron chi connectivity index (χ4n) is 2.00. The van der Waals surface area contributed by atoms with Gasteiger partial charge in [-0.25, -0.2) is 9.59 Å². The second kappa shape index (κ2) is 6.56. The van der Waals surface area contributed by atoms with Crippen LogP contribution in [0.15, 0.2) is 48.5 Å². The number of carbonyl (C=O) groups is 2. The van der Waals surface area contributed by atoms with Crippen molar-refractivity contribution in [3.8, 4) is 0 Å². The fraction of sp³-hybridized carbons (Fsp3) is 0.125. The topological polar surface area (TPSA) is 78.4 Å². The maximum absolute atomic E-state index is 11.9. The predicted octanol–water partition coefficient (Wildman–Crippen LogP) is 3.01. The Labute approximate surface area is 122 Å². The Balaban J connectivity index is 2.03. The highest BCUT2D eigenvalue weighted by Gasteiger charge is 2.14. The van der Waals surface area contributed by atoms with Crippen LogP contribution in [0.5, 0.6) is 0 Å². The van der Waals surface area contributed by atoms with Crippen LogP contribution in [0.1, 0.15) is 21.5 Å². The zero-order chi connectivity index (χ0) is 15.2. The Morgan fingerprint density at radius 2 is 1.76 bits per heavy atom. The molecule has 3 N–H and O–H groups in total. The fourth-order valence-corrected chi connectivity index (χ4v) is 2.00. The largest absolute Gasteiger partial charge is 0.478 e. The monoisotopic (exact) mass is 284 g/mol. The molecule has 0 bridgehead atoms. The molecule has 0 aliphatic rings. The molecule has 2 aromatic carbocycles. The first-order valence-corrected chi connectivity index (χ1v) is 6.49. The van der Waals surface area contributed by atoms with E-state index in [2.05, 4.69) is 10.6 Å². The van der Waals surface area contributed by atoms with Gasteiger partial charge in [0, 0.05) is 6.54 Å². The summed E-state index contributed by atoms with van der Waals surface area (Å²) in [7, 11) is 0. The Morgan fingerprint density at radius 3 is 2.43 bits per heavy atom. The van der Waals surface area contributed by atoms with Crippen molar-refractivity contribution in [2.24, 2.45) is 0 Å². The molecule has 5 heteroatoms. The highest BCUT2D eigenvalue weighted by Crippen LogP contribution is 2.19. The summed E-state index contributed by atoms with van der Waals surface area (Å²) in [5, 5.41) is 14.5. The van der Waals surface area contributed by atoms with Crippen molar-refractivity contribution in [2.75, 3.05) is 5.32 Å². The molecule has 0 fully saturated rings. The van der Waals surface area contributed by atoms with E-state index in [4.69, 9.17) is 0 Å². The quantitative estimate of drug-likeness (QED) is 0.807. The number of amides is 2. The molecule has 0 aliphatic heterocycles. The zero-order valence-corrected chi connectivity index (χ0v) is 11.6. The average Bonchev–Trinajstić information content (AvgIpc) is 2.46. The van der Waals surface area contributed by atoms with Gasteiger partial charge in [0.05, 0.1) is 11.3 Å². The van der Waals surface area contributed by atoms with Gasteiger partial charge < -0.3 is 15.7 Å². The normalized spacial score (nSPS) is 9.95. The van der Waals surface area contributed by atoms with Gasteiger partial charge in [0.2, 0.25) is 0 Å². The van der Waals surface area contributed by atoms with Gasteiger partial charge in [-0.1, -0.05) is 42.5 Å². The van der Waals surface area contributed by atoms with Crippen LogP contribution in [-0.4, -0.2) is 17.1 Å². The molecule has 108 valence electrons. The molecule has 0 atom stereocenters. The van der Waals surface area contributed by atoms with Crippen molar-refractivity contribution < 1.29 is 14.7 Å². The van der Waals surface area contributed by atoms with E-state index >= 15 is 0 Å². The summed E-state index contributed by atoms with van der Waals surface area (Å²) < 4.78 is 0. The number of aromatic carboxylic acids is 1. The van der Waals surface area contributed by atoms with Gasteiger partial charge >= 0.3 is 12.0 Å². The average molecular weight is 284 g/mol. The van der Waals surface area contributed by atoms with E-state index in [9.17, 15) is 14.7 Å². The molecule has 0 saturated heterocycles. The van der Waals surface area contributed by atoms with Crippen LogP contribution in [0, 0.1) is 6.92 Å². The molecule has 0 saturated carbocycles. The van der Waals surface area contributed by atoms with Gasteiger partial charge in [-0.3, -0.25) is 0 Å². The minimum atomic E-state index is -1.06. The lowest BCUT2D eigenvalue weighted by atomic mass is 10.1. The van der Waals surface area contributed by atoms with E-state index in [1.807, 2.05) is 30.3 Å². The van der Waals surface area contributed by atoms with E-state index in [0.29, 0.717) is 12.1 Å². The molecule has 21 heavy (non-hydrogen) atoms. The van der Waals surface area contributed by atoms with E-state index < -0.39 is 12.0 Å². The molecule has 0 aromatic heterocycles. The number of rotatable bonds is 4. The minimum Gasteiger partial charge on any atom is -0.478 e. The van der Waals surface area contributed by atoms with Crippen molar-refractivity contribution in [1.29, 1.82) is 0 Å². The Hall–Kier alpha value is -2.82. The molecule has 2 aromatic rings. The van der Waals surface area contributed by atoms with Gasteiger partial charge in [-0.05, 0) is 24.1 Å². The zero-order valence-electron chi connectivity index (χ0n) is 11.6. The first kappa shape index (κ1) is 14.6. The molecule has 0 aliphatic carbocycles. The van der Waals surface area contributed by atoms with E-state index in [0.717, 1.165) is 5.56 Å². The van der Waals surface area contributed by atoms with Crippen molar-refractivity contribution in [3.05, 3.63) is 65.2 Å². The first-order chi connectivity index (χ1) is 10.1. The third kappa shape index (κ3) is 3.82. The molecule has 0 spiro atoms. The number of benzene rings is 2. The number of carboxylic acids is 1. The van der Waals surface area contributed by atoms with Crippen LogP contribution in [0.3, 0.4) is 0 Å². The number of urea groups is 1. The SMILES string of the molecule is Cc1cccc(NC(=O)NCc2ccccc2)c1C(=O)O. The lowest BCUT2D eigenvalue weighted by Crippen LogP contribution is -2.29. The van der Waals surface area contributed by atoms with E-state index in [-0.39, 0.29) is 11.3 Å². The number of carbonyl (C=O) groups excluding carboxylic acids is 1. The highest BCUT2D eigenvalue weighted by molar-refractivity contribution is 6.01. The number of carboxylic acid groups (broad SMARTS) is 1. The van der Waals surface area contributed by atoms with E-state index in [1.54, 1.807) is 25.1 Å². The van der Waals surface area contributed by atoms with Crippen LogP contribution >= 0.6 is 0 Å². The summed E-state index contributed by atoms with van der Waals surface area (Å²) in [6.45, 7) is 2.07. The summed E-state index contributed by atoms with van der Waals surface area (Å²) >= 11 is 0. The molecule has 0 radical (unpaired) electrons. The molecular weight excluding hydrogens is 268 g/mol. The number of anilines is 1. The number of hydrogen-bond donors (Lipinski definition) is 3. The maximum atomic E-state index is 11.9. The predicted molar refractivity (Wildman–Crippen MR) is 80.4 cm³/mol. The van der Waals surface area contributed by atoms with Gasteiger partial charge in [0.25, 0.3) is 0 Å². The number of nitrogens with one attached hydrogen (secondary N) is 2. The molecule has 0 unspecified atom stereocenters. The second-order valence-electron chi connectivity index (χ2n) is 4.60. The molecule has 2 amide bonds. The van der Waals surface area contributed by atoms with Gasteiger partial charge in [0.15, 0.2) is 0 Å². The standard InChI is InChI=1S/C16H16N2O3/c1-11-6-5-9-13(14(11)15(19)20)18-16(21)17-10-12-7-3-2-4-8-12/h2-9H,10H2,1H3,(H,19,20)(H2,17,18,21). The molecule has 2 rings (SSSR count). The van der Waals surface area contributed by atoms with Crippen LogP contribution in [-0.2, 0) is 6.54 Å². The Bertz CT molecular complexity index is 654. The van der Waals surface area contributed by atoms with Crippen LogP contribution < -0.4 is 10.6 Å². The third-order valence-electron chi connectivity index (χ3n) is 3.03. The molecule has 0 heterocycles. The number of hydrogen-bond acceptors (Lipinski definition) is 2. The maximum Gasteiger partial charge on any atom is 0.338 e. The highest BCUT2D eigenvalue weighted by atomic mass is 16.4. The van der Waals surface area contributed by atoms with Crippen molar-refractivity contribution in [2.45, 2.75) is 13.5 Å². The summed E-state index contributed by atoms with van der Waals surface area (Å²) in [6, 6.07) is 14.0. The number of aryl methyl sites for hydroxylation is 1. The minimum absolute atomic E-state index is 0.104. The summed E-state index contributed by atoms with van der Waals surface area (Å²) in [4.78, 5) is 23.1. The summed E-state index contributed by atoms with van der Waals surface area (Å²) in [5.41, 5.74) is 1.96. The van der Waals surface area contributed by atoms with Crippen LogP contribution in [0.4, 0.5) is 10.5 Å². The lowest BCUT2D eigenvalue weighted by molar-refractivity contribution is 0.0697. The lowest BCUT2D eigenvalue weighted by Gasteiger charge is -2.11. The Kier molecular flexibility index (Phi) is 4.56. The van der Waals surface area contributed by atoms with Crippen LogP contribution in [0.2, 0.25) is 0 Å². The van der Waals surface area contributed by atoms with Crippen molar-refractivity contribution in [3.63, 3.8) is 0 Å². The first-order valence-electron chi connectivity index (χ1n) is 6.49. The van der Waals surface area contributed by atoms with Gasteiger partial charge in [0.1, 0.15) is 0 Å². The molecular formula is C16H16N2O3. The van der Waals surface area contributed by atoms with Crippen LogP contribution in [0.25, 0.3) is 0 Å².